The first kappa shape index (κ1) is 37.8. The number of nitriles is 1. The molecule has 1 aliphatic heterocycles. The minimum atomic E-state index is -1.16. The molecule has 12 heteroatoms. The molecule has 11 nitrogen and oxygen atoms in total. The number of aliphatic hydroxyl groups is 1. The second-order valence-electron chi connectivity index (χ2n) is 12.3. The van der Waals surface area contributed by atoms with Crippen LogP contribution < -0.4 is 20.7 Å². The molecule has 0 amide bonds. The number of methoxy groups -OCH3 is 2. The molecule has 0 spiro atoms. The Morgan fingerprint density at radius 1 is 0.830 bits per heavy atom. The Bertz CT molecular complexity index is 2040. The topological polar surface area (TPSA) is 134 Å². The number of hydrogen-bond donors (Lipinski definition) is 1. The number of aliphatic hydroxyl groups excluding tert-OH is 1. The molecule has 1 saturated heterocycles. The van der Waals surface area contributed by atoms with Crippen molar-refractivity contribution in [3.63, 3.8) is 0 Å². The fraction of sp³-hybridized carbons (Fsp3) is 0.293. The van der Waals surface area contributed by atoms with Crippen LogP contribution in [0.4, 0.5) is 0 Å². The summed E-state index contributed by atoms with van der Waals surface area (Å²) in [6.45, 7) is -0.113. The van der Waals surface area contributed by atoms with Gasteiger partial charge in [0.05, 0.1) is 0 Å². The van der Waals surface area contributed by atoms with Gasteiger partial charge in [-0.3, -0.25) is 0 Å². The molecule has 53 heavy (non-hydrogen) atoms. The van der Waals surface area contributed by atoms with Gasteiger partial charge in [-0.25, -0.2) is 0 Å². The fourth-order valence-electron chi connectivity index (χ4n) is 6.45. The van der Waals surface area contributed by atoms with Crippen LogP contribution in [0.25, 0.3) is 0 Å². The summed E-state index contributed by atoms with van der Waals surface area (Å²) in [6, 6.07) is 38.0. The van der Waals surface area contributed by atoms with Gasteiger partial charge in [0.1, 0.15) is 0 Å². The first-order valence-corrected chi connectivity index (χ1v) is 19.3. The first-order valence-electron chi connectivity index (χ1n) is 17.1. The van der Waals surface area contributed by atoms with E-state index in [1.807, 2.05) is 109 Å². The summed E-state index contributed by atoms with van der Waals surface area (Å²) in [6.07, 6.45) is -1.13. The monoisotopic (exact) mass is 783 g/mol. The van der Waals surface area contributed by atoms with Crippen LogP contribution in [-0.4, -0.2) is 62.2 Å². The molecule has 274 valence electrons. The molecule has 0 saturated carbocycles. The Labute approximate surface area is 314 Å². The van der Waals surface area contributed by atoms with Gasteiger partial charge >= 0.3 is 315 Å². The summed E-state index contributed by atoms with van der Waals surface area (Å²) in [5.74, 6) is 1.37. The molecule has 1 N–H and O–H groups in total. The van der Waals surface area contributed by atoms with Gasteiger partial charge in [0.15, 0.2) is 0 Å². The maximum absolute atomic E-state index is 13.9. The molecule has 0 bridgehead atoms. The van der Waals surface area contributed by atoms with E-state index in [9.17, 15) is 20.0 Å². The fourth-order valence-corrected chi connectivity index (χ4v) is 9.00. The van der Waals surface area contributed by atoms with Crippen LogP contribution >= 0.6 is 0 Å². The second-order valence-corrected chi connectivity index (χ2v) is 15.0. The first-order chi connectivity index (χ1) is 25.9. The van der Waals surface area contributed by atoms with Gasteiger partial charge in [0.2, 0.25) is 0 Å². The van der Waals surface area contributed by atoms with Crippen LogP contribution in [0.5, 0.6) is 11.5 Å². The summed E-state index contributed by atoms with van der Waals surface area (Å²) in [5.41, 5.74) is 1.06. The van der Waals surface area contributed by atoms with E-state index in [1.165, 1.54) is 16.8 Å². The number of aromatic nitrogens is 2. The van der Waals surface area contributed by atoms with E-state index in [0.717, 1.165) is 26.8 Å². The molecule has 4 atom stereocenters. The molecular weight excluding hydrogens is 741 g/mol. The zero-order valence-electron chi connectivity index (χ0n) is 29.4. The minimum absolute atomic E-state index is 0.0655. The molecule has 4 aromatic carbocycles. The Kier molecular flexibility index (Phi) is 12.6. The van der Waals surface area contributed by atoms with Crippen molar-refractivity contribution in [1.29, 1.82) is 5.26 Å². The van der Waals surface area contributed by atoms with Crippen LogP contribution in [-0.2, 0) is 33.1 Å². The van der Waals surface area contributed by atoms with Crippen molar-refractivity contribution >= 4 is 15.0 Å². The SMILES string of the molecule is COc1ccc(C(OC[C@H]2O[C@@H](n3ccc(=O)n(COCc4ccccc4)c3=O)[C@H]([Se]CCC#N)[C@@H]2O)(c2ccccc2)c2ccc(OC)cc2)cc1. The van der Waals surface area contributed by atoms with Gasteiger partial charge < -0.3 is 0 Å². The van der Waals surface area contributed by atoms with Gasteiger partial charge in [-0.2, -0.15) is 0 Å². The third kappa shape index (κ3) is 8.32. The Morgan fingerprint density at radius 3 is 2.00 bits per heavy atom. The van der Waals surface area contributed by atoms with Crippen molar-refractivity contribution in [1.82, 2.24) is 9.13 Å². The van der Waals surface area contributed by atoms with Gasteiger partial charge in [0.25, 0.3) is 0 Å². The van der Waals surface area contributed by atoms with Crippen molar-refractivity contribution in [3.05, 3.63) is 165 Å². The van der Waals surface area contributed by atoms with Crippen LogP contribution in [0.3, 0.4) is 0 Å². The van der Waals surface area contributed by atoms with E-state index < -0.39 is 40.1 Å². The van der Waals surface area contributed by atoms with E-state index in [4.69, 9.17) is 23.7 Å². The summed E-state index contributed by atoms with van der Waals surface area (Å²) in [5, 5.41) is 21.7. The number of benzene rings is 4. The van der Waals surface area contributed by atoms with E-state index >= 15 is 0 Å². The summed E-state index contributed by atoms with van der Waals surface area (Å²) < 4.78 is 32.6. The van der Waals surface area contributed by atoms with Crippen LogP contribution in [0.1, 0.15) is 34.9 Å². The van der Waals surface area contributed by atoms with E-state index in [-0.39, 0.29) is 34.9 Å². The number of rotatable bonds is 16. The quantitative estimate of drug-likeness (QED) is 0.0805. The maximum atomic E-state index is 13.9. The Hall–Kier alpha value is -4.99. The van der Waals surface area contributed by atoms with Gasteiger partial charge in [-0.15, -0.1) is 0 Å². The second kappa shape index (κ2) is 17.7. The molecule has 5 aromatic rings. The van der Waals surface area contributed by atoms with Crippen molar-refractivity contribution in [3.8, 4) is 17.6 Å². The van der Waals surface area contributed by atoms with Gasteiger partial charge in [0, 0.05) is 0 Å². The molecule has 0 unspecified atom stereocenters. The van der Waals surface area contributed by atoms with Crippen molar-refractivity contribution in [2.75, 3.05) is 20.8 Å². The number of hydrogen-bond acceptors (Lipinski definition) is 9. The van der Waals surface area contributed by atoms with Crippen molar-refractivity contribution < 1.29 is 28.8 Å². The number of nitrogens with zero attached hydrogens (tertiary/aromatic N) is 3. The molecule has 1 fully saturated rings. The van der Waals surface area contributed by atoms with Crippen LogP contribution in [0, 0.1) is 11.3 Å². The normalized spacial score (nSPS) is 18.4. The molecule has 2 heterocycles. The van der Waals surface area contributed by atoms with E-state index in [2.05, 4.69) is 6.07 Å². The molecule has 1 aliphatic rings. The molecule has 0 radical (unpaired) electrons. The number of ether oxygens (including phenoxy) is 5. The molecule has 0 aliphatic carbocycles. The van der Waals surface area contributed by atoms with E-state index in [0.29, 0.717) is 23.2 Å². The van der Waals surface area contributed by atoms with Crippen LogP contribution in [0.2, 0.25) is 10.1 Å². The van der Waals surface area contributed by atoms with Crippen molar-refractivity contribution in [2.45, 2.75) is 53.9 Å². The van der Waals surface area contributed by atoms with Crippen molar-refractivity contribution in [2.24, 2.45) is 0 Å². The summed E-state index contributed by atoms with van der Waals surface area (Å²) >= 11 is -0.304. The van der Waals surface area contributed by atoms with Gasteiger partial charge in [-0.1, -0.05) is 0 Å². The summed E-state index contributed by atoms with van der Waals surface area (Å²) in [4.78, 5) is 26.2. The standard InChI is InChI=1S/C41H41N3O8Se/c1-48-33-18-14-31(15-19-33)41(30-12-7-4-8-13-30,32-16-20-34(49-2)21-17-32)51-27-35-37(46)38(53-25-9-23-42)39(52-35)43-24-22-36(45)44(40(43)47)28-50-26-29-10-5-3-6-11-29/h3-8,10-22,24,35,37-39,46H,9,25-28H2,1-2H3/t35-,37-,38-,39-/m1/s1. The van der Waals surface area contributed by atoms with Crippen LogP contribution in [0.15, 0.2) is 131 Å². The Balaban J connectivity index is 1.34. The zero-order chi connectivity index (χ0) is 37.2. The summed E-state index contributed by atoms with van der Waals surface area (Å²) in [7, 11) is 3.22. The van der Waals surface area contributed by atoms with Gasteiger partial charge in [-0.05, 0) is 0 Å². The predicted octanol–water partition coefficient (Wildman–Crippen LogP) is 5.29. The van der Waals surface area contributed by atoms with E-state index in [1.54, 1.807) is 14.2 Å². The predicted molar refractivity (Wildman–Crippen MR) is 199 cm³/mol. The molecule has 6 rings (SSSR count). The molecular formula is C41H41N3O8Se. The Morgan fingerprint density at radius 2 is 1.42 bits per heavy atom. The third-order valence-corrected chi connectivity index (χ3v) is 12.0. The third-order valence-electron chi connectivity index (χ3n) is 9.18. The zero-order valence-corrected chi connectivity index (χ0v) is 31.2. The average molecular weight is 783 g/mol. The average Bonchev–Trinajstić information content (AvgIpc) is 3.51. The molecule has 1 aromatic heterocycles.